The quantitative estimate of drug-likeness (QED) is 0.888. The molecule has 0 aliphatic carbocycles. The van der Waals surface area contributed by atoms with Crippen molar-refractivity contribution in [2.45, 2.75) is 19.4 Å². The molecule has 0 saturated carbocycles. The molecule has 2 N–H and O–H groups in total. The summed E-state index contributed by atoms with van der Waals surface area (Å²) in [5.41, 5.74) is 0.714. The SMILES string of the molecule is CC[C@H](c1ccc(F)c(Cl)c1O)N1CCNCC1. The molecule has 0 bridgehead atoms. The van der Waals surface area contributed by atoms with E-state index in [2.05, 4.69) is 17.1 Å². The van der Waals surface area contributed by atoms with Crippen LogP contribution in [0.2, 0.25) is 5.02 Å². The molecule has 1 saturated heterocycles. The van der Waals surface area contributed by atoms with Gasteiger partial charge in [0, 0.05) is 37.8 Å². The number of hydrogen-bond acceptors (Lipinski definition) is 3. The Morgan fingerprint density at radius 2 is 2.11 bits per heavy atom. The highest BCUT2D eigenvalue weighted by Gasteiger charge is 2.24. The van der Waals surface area contributed by atoms with Crippen LogP contribution in [0.25, 0.3) is 0 Å². The van der Waals surface area contributed by atoms with E-state index in [4.69, 9.17) is 11.6 Å². The van der Waals surface area contributed by atoms with E-state index in [0.29, 0.717) is 5.56 Å². The van der Waals surface area contributed by atoms with Crippen molar-refractivity contribution < 1.29 is 9.50 Å². The van der Waals surface area contributed by atoms with Gasteiger partial charge >= 0.3 is 0 Å². The van der Waals surface area contributed by atoms with Crippen molar-refractivity contribution in [2.24, 2.45) is 0 Å². The van der Waals surface area contributed by atoms with Crippen molar-refractivity contribution in [1.82, 2.24) is 10.2 Å². The second kappa shape index (κ2) is 5.87. The molecular formula is C13H18ClFN2O. The Kier molecular flexibility index (Phi) is 4.43. The highest BCUT2D eigenvalue weighted by molar-refractivity contribution is 6.32. The third-order valence-corrected chi connectivity index (χ3v) is 3.80. The number of nitrogens with one attached hydrogen (secondary N) is 1. The third-order valence-electron chi connectivity index (χ3n) is 3.44. The van der Waals surface area contributed by atoms with E-state index in [9.17, 15) is 9.50 Å². The number of benzene rings is 1. The van der Waals surface area contributed by atoms with Crippen molar-refractivity contribution in [1.29, 1.82) is 0 Å². The van der Waals surface area contributed by atoms with E-state index in [0.717, 1.165) is 32.6 Å². The van der Waals surface area contributed by atoms with Crippen LogP contribution in [0.5, 0.6) is 5.75 Å². The molecular weight excluding hydrogens is 255 g/mol. The van der Waals surface area contributed by atoms with E-state index in [-0.39, 0.29) is 16.8 Å². The smallest absolute Gasteiger partial charge is 0.145 e. The molecule has 0 spiro atoms. The minimum absolute atomic E-state index is 0.0881. The number of phenolic OH excluding ortho intramolecular Hbond substituents is 1. The zero-order chi connectivity index (χ0) is 13.1. The Hall–Kier alpha value is -0.840. The monoisotopic (exact) mass is 272 g/mol. The number of hydrogen-bond donors (Lipinski definition) is 2. The van der Waals surface area contributed by atoms with Gasteiger partial charge in [0.05, 0.1) is 0 Å². The Morgan fingerprint density at radius 1 is 1.44 bits per heavy atom. The number of phenols is 1. The summed E-state index contributed by atoms with van der Waals surface area (Å²) in [5, 5.41) is 13.1. The zero-order valence-electron chi connectivity index (χ0n) is 10.4. The number of rotatable bonds is 3. The first kappa shape index (κ1) is 13.6. The molecule has 0 aromatic heterocycles. The van der Waals surface area contributed by atoms with Crippen LogP contribution in [0.15, 0.2) is 12.1 Å². The summed E-state index contributed by atoms with van der Waals surface area (Å²) in [5.74, 6) is -0.699. The lowest BCUT2D eigenvalue weighted by Crippen LogP contribution is -2.45. The lowest BCUT2D eigenvalue weighted by atomic mass is 10.0. The predicted octanol–water partition coefficient (Wildman–Crippen LogP) is 2.54. The van der Waals surface area contributed by atoms with Gasteiger partial charge in [0.25, 0.3) is 0 Å². The van der Waals surface area contributed by atoms with Crippen LogP contribution >= 0.6 is 11.6 Å². The standard InChI is InChI=1S/C13H18ClFN2O/c1-2-11(17-7-5-16-6-8-17)9-3-4-10(15)12(14)13(9)18/h3-4,11,16,18H,2,5-8H2,1H3/t11-/m1/s1. The fraction of sp³-hybridized carbons (Fsp3) is 0.538. The molecule has 0 radical (unpaired) electrons. The molecule has 1 atom stereocenters. The highest BCUT2D eigenvalue weighted by atomic mass is 35.5. The lowest BCUT2D eigenvalue weighted by Gasteiger charge is -2.35. The molecule has 1 aliphatic heterocycles. The summed E-state index contributed by atoms with van der Waals surface area (Å²) in [4.78, 5) is 2.29. The fourth-order valence-corrected chi connectivity index (χ4v) is 2.66. The normalized spacial score (nSPS) is 18.8. The van der Waals surface area contributed by atoms with Crippen LogP contribution in [-0.2, 0) is 0 Å². The van der Waals surface area contributed by atoms with Crippen molar-refractivity contribution >= 4 is 11.6 Å². The Morgan fingerprint density at radius 3 is 2.72 bits per heavy atom. The second-order valence-corrected chi connectivity index (χ2v) is 4.89. The molecule has 1 aromatic carbocycles. The molecule has 1 aromatic rings. The lowest BCUT2D eigenvalue weighted by molar-refractivity contribution is 0.167. The summed E-state index contributed by atoms with van der Waals surface area (Å²) in [6, 6.07) is 3.04. The molecule has 1 fully saturated rings. The molecule has 1 heterocycles. The van der Waals surface area contributed by atoms with Crippen molar-refractivity contribution in [3.63, 3.8) is 0 Å². The van der Waals surface area contributed by atoms with Gasteiger partial charge in [0.15, 0.2) is 0 Å². The first-order valence-corrected chi connectivity index (χ1v) is 6.64. The van der Waals surface area contributed by atoms with Gasteiger partial charge < -0.3 is 10.4 Å². The average molecular weight is 273 g/mol. The summed E-state index contributed by atoms with van der Waals surface area (Å²) >= 11 is 5.77. The Bertz CT molecular complexity index is 422. The number of halogens is 2. The van der Waals surface area contributed by atoms with Crippen molar-refractivity contribution in [3.8, 4) is 5.75 Å². The molecule has 2 rings (SSSR count). The summed E-state index contributed by atoms with van der Waals surface area (Å²) in [6.45, 7) is 5.78. The molecule has 0 amide bonds. The van der Waals surface area contributed by atoms with Crippen LogP contribution in [0.4, 0.5) is 4.39 Å². The van der Waals surface area contributed by atoms with Crippen molar-refractivity contribution in [3.05, 3.63) is 28.5 Å². The molecule has 1 aliphatic rings. The van der Waals surface area contributed by atoms with Crippen LogP contribution in [0.1, 0.15) is 24.9 Å². The van der Waals surface area contributed by atoms with Gasteiger partial charge in [-0.1, -0.05) is 24.6 Å². The van der Waals surface area contributed by atoms with Gasteiger partial charge in [0.2, 0.25) is 0 Å². The second-order valence-electron chi connectivity index (χ2n) is 4.51. The molecule has 3 nitrogen and oxygen atoms in total. The van der Waals surface area contributed by atoms with E-state index in [1.807, 2.05) is 0 Å². The first-order valence-electron chi connectivity index (χ1n) is 6.26. The van der Waals surface area contributed by atoms with E-state index < -0.39 is 5.82 Å². The summed E-state index contributed by atoms with van der Waals surface area (Å²) in [7, 11) is 0. The maximum absolute atomic E-state index is 13.3. The molecule has 18 heavy (non-hydrogen) atoms. The van der Waals surface area contributed by atoms with Gasteiger partial charge in [-0.2, -0.15) is 0 Å². The summed E-state index contributed by atoms with van der Waals surface area (Å²) in [6.07, 6.45) is 0.857. The zero-order valence-corrected chi connectivity index (χ0v) is 11.2. The van der Waals surface area contributed by atoms with Crippen LogP contribution in [-0.4, -0.2) is 36.2 Å². The Labute approximate surface area is 112 Å². The van der Waals surface area contributed by atoms with E-state index >= 15 is 0 Å². The average Bonchev–Trinajstić information content (AvgIpc) is 2.41. The van der Waals surface area contributed by atoms with Crippen LogP contribution < -0.4 is 5.32 Å². The van der Waals surface area contributed by atoms with Gasteiger partial charge in [-0.15, -0.1) is 0 Å². The minimum atomic E-state index is -0.576. The third kappa shape index (κ3) is 2.60. The predicted molar refractivity (Wildman–Crippen MR) is 70.5 cm³/mol. The van der Waals surface area contributed by atoms with Gasteiger partial charge in [-0.25, -0.2) is 4.39 Å². The van der Waals surface area contributed by atoms with E-state index in [1.54, 1.807) is 6.07 Å². The minimum Gasteiger partial charge on any atom is -0.506 e. The first-order chi connectivity index (χ1) is 8.65. The number of nitrogens with zero attached hydrogens (tertiary/aromatic N) is 1. The van der Waals surface area contributed by atoms with E-state index in [1.165, 1.54) is 6.07 Å². The maximum Gasteiger partial charge on any atom is 0.145 e. The van der Waals surface area contributed by atoms with Gasteiger partial charge in [0.1, 0.15) is 16.6 Å². The highest BCUT2D eigenvalue weighted by Crippen LogP contribution is 2.37. The fourth-order valence-electron chi connectivity index (χ4n) is 2.49. The Balaban J connectivity index is 2.29. The molecule has 100 valence electrons. The number of aromatic hydroxyl groups is 1. The topological polar surface area (TPSA) is 35.5 Å². The summed E-state index contributed by atoms with van der Waals surface area (Å²) < 4.78 is 13.3. The largest absolute Gasteiger partial charge is 0.506 e. The van der Waals surface area contributed by atoms with Crippen LogP contribution in [0, 0.1) is 5.82 Å². The maximum atomic E-state index is 13.3. The van der Waals surface area contributed by atoms with Gasteiger partial charge in [-0.05, 0) is 12.5 Å². The number of piperazine rings is 1. The van der Waals surface area contributed by atoms with Gasteiger partial charge in [-0.3, -0.25) is 4.90 Å². The molecule has 5 heteroatoms. The van der Waals surface area contributed by atoms with Crippen molar-refractivity contribution in [2.75, 3.05) is 26.2 Å². The van der Waals surface area contributed by atoms with Crippen LogP contribution in [0.3, 0.4) is 0 Å². The molecule has 0 unspecified atom stereocenters.